The van der Waals surface area contributed by atoms with Crippen molar-refractivity contribution in [2.24, 2.45) is 5.92 Å². The molecule has 4 rings (SSSR count). The lowest BCUT2D eigenvalue weighted by molar-refractivity contribution is 0.0891. The van der Waals surface area contributed by atoms with Gasteiger partial charge in [0.05, 0.1) is 12.0 Å². The van der Waals surface area contributed by atoms with E-state index in [4.69, 9.17) is 0 Å². The summed E-state index contributed by atoms with van der Waals surface area (Å²) in [5, 5.41) is 3.56. The van der Waals surface area contributed by atoms with Crippen molar-refractivity contribution in [2.75, 3.05) is 5.32 Å². The molecule has 0 saturated carbocycles. The van der Waals surface area contributed by atoms with Gasteiger partial charge in [0.2, 0.25) is 0 Å². The second kappa shape index (κ2) is 3.70. The average molecular weight is 249 g/mol. The van der Waals surface area contributed by atoms with E-state index < -0.39 is 0 Å². The van der Waals surface area contributed by atoms with Gasteiger partial charge in [0.25, 0.3) is 0 Å². The number of rotatable bonds is 0. The molecule has 1 heterocycles. The Labute approximate surface area is 112 Å². The van der Waals surface area contributed by atoms with Crippen LogP contribution in [0.3, 0.4) is 0 Å². The number of carbonyl (C=O) groups is 1. The Morgan fingerprint density at radius 2 is 1.63 bits per heavy atom. The fourth-order valence-corrected chi connectivity index (χ4v) is 3.60. The topological polar surface area (TPSA) is 29.1 Å². The van der Waals surface area contributed by atoms with E-state index in [1.807, 2.05) is 24.3 Å². The molecule has 0 bridgehead atoms. The summed E-state index contributed by atoms with van der Waals surface area (Å²) < 4.78 is 0. The van der Waals surface area contributed by atoms with Gasteiger partial charge in [-0.1, -0.05) is 43.3 Å². The van der Waals surface area contributed by atoms with Crippen LogP contribution in [0.1, 0.15) is 40.4 Å². The minimum Gasteiger partial charge on any atom is -0.377 e. The highest BCUT2D eigenvalue weighted by atomic mass is 16.1. The zero-order valence-electron chi connectivity index (χ0n) is 10.8. The molecular weight excluding hydrogens is 234 g/mol. The summed E-state index contributed by atoms with van der Waals surface area (Å²) in [7, 11) is 0. The molecule has 2 heteroatoms. The first-order valence-electron chi connectivity index (χ1n) is 6.76. The summed E-state index contributed by atoms with van der Waals surface area (Å²) in [5.41, 5.74) is 4.40. The smallest absolute Gasteiger partial charge is 0.171 e. The molecule has 3 atom stereocenters. The summed E-state index contributed by atoms with van der Waals surface area (Å²) in [4.78, 5) is 12.7. The van der Waals surface area contributed by atoms with Crippen LogP contribution in [0.15, 0.2) is 48.5 Å². The number of ketones is 1. The number of nitrogens with one attached hydrogen (secondary N) is 1. The van der Waals surface area contributed by atoms with Crippen molar-refractivity contribution in [1.29, 1.82) is 0 Å². The van der Waals surface area contributed by atoms with Crippen LogP contribution in [-0.4, -0.2) is 5.78 Å². The zero-order chi connectivity index (χ0) is 13.0. The number of anilines is 1. The molecule has 1 N–H and O–H groups in total. The molecule has 0 radical (unpaired) electrons. The molecule has 0 unspecified atom stereocenters. The van der Waals surface area contributed by atoms with E-state index in [0.29, 0.717) is 0 Å². The van der Waals surface area contributed by atoms with Crippen LogP contribution < -0.4 is 5.32 Å². The van der Waals surface area contributed by atoms with Gasteiger partial charge in [0.1, 0.15) is 0 Å². The van der Waals surface area contributed by atoms with Crippen molar-refractivity contribution in [3.63, 3.8) is 0 Å². The maximum absolute atomic E-state index is 12.7. The predicted octanol–water partition coefficient (Wildman–Crippen LogP) is 3.77. The maximum atomic E-state index is 12.7. The van der Waals surface area contributed by atoms with Gasteiger partial charge in [0.15, 0.2) is 5.78 Å². The molecule has 0 aromatic heterocycles. The number of para-hydroxylation sites is 1. The van der Waals surface area contributed by atoms with Gasteiger partial charge in [-0.05, 0) is 29.2 Å². The quantitative estimate of drug-likeness (QED) is 0.770. The van der Waals surface area contributed by atoms with Crippen LogP contribution in [0.4, 0.5) is 5.69 Å². The monoisotopic (exact) mass is 249 g/mol. The van der Waals surface area contributed by atoms with Crippen LogP contribution in [0.2, 0.25) is 0 Å². The normalized spacial score (nSPS) is 27.2. The van der Waals surface area contributed by atoms with E-state index in [-0.39, 0.29) is 23.7 Å². The molecular formula is C17H15NO. The van der Waals surface area contributed by atoms with E-state index in [0.717, 1.165) is 11.3 Å². The molecule has 0 spiro atoms. The molecule has 19 heavy (non-hydrogen) atoms. The first-order valence-corrected chi connectivity index (χ1v) is 6.76. The lowest BCUT2D eigenvalue weighted by atomic mass is 9.82. The van der Waals surface area contributed by atoms with Gasteiger partial charge in [-0.15, -0.1) is 0 Å². The highest BCUT2D eigenvalue weighted by molar-refractivity contribution is 6.06. The lowest BCUT2D eigenvalue weighted by Crippen LogP contribution is -2.31. The molecule has 2 aromatic rings. The van der Waals surface area contributed by atoms with Crippen molar-refractivity contribution in [1.82, 2.24) is 0 Å². The zero-order valence-corrected chi connectivity index (χ0v) is 10.8. The van der Waals surface area contributed by atoms with Gasteiger partial charge < -0.3 is 5.32 Å². The summed E-state index contributed by atoms with van der Waals surface area (Å²) in [6.45, 7) is 2.16. The summed E-state index contributed by atoms with van der Waals surface area (Å²) in [6, 6.07) is 16.4. The van der Waals surface area contributed by atoms with Gasteiger partial charge in [-0.3, -0.25) is 4.79 Å². The summed E-state index contributed by atoms with van der Waals surface area (Å²) in [5.74, 6) is 0.602. The Morgan fingerprint density at radius 1 is 0.947 bits per heavy atom. The molecule has 2 aromatic carbocycles. The Morgan fingerprint density at radius 3 is 2.47 bits per heavy atom. The summed E-state index contributed by atoms with van der Waals surface area (Å²) in [6.07, 6.45) is 0. The number of Topliss-reactive ketones (excluding diaryl/α,β-unsaturated/α-hetero) is 1. The third-order valence-electron chi connectivity index (χ3n) is 4.53. The van der Waals surface area contributed by atoms with Gasteiger partial charge >= 0.3 is 0 Å². The largest absolute Gasteiger partial charge is 0.377 e. The predicted molar refractivity (Wildman–Crippen MR) is 75.5 cm³/mol. The Kier molecular flexibility index (Phi) is 2.10. The van der Waals surface area contributed by atoms with E-state index in [1.54, 1.807) is 0 Å². The molecule has 1 aliphatic heterocycles. The van der Waals surface area contributed by atoms with Crippen molar-refractivity contribution < 1.29 is 4.79 Å². The third-order valence-corrected chi connectivity index (χ3v) is 4.53. The average Bonchev–Trinajstić information content (AvgIpc) is 2.74. The van der Waals surface area contributed by atoms with E-state index >= 15 is 0 Å². The number of fused-ring (bicyclic) bond motifs is 4. The highest BCUT2D eigenvalue weighted by Gasteiger charge is 2.45. The SMILES string of the molecule is C[C@@H]1c2ccccc2[C@@H]2Nc3ccccc3C(=O)[C@H]12. The van der Waals surface area contributed by atoms with Crippen molar-refractivity contribution >= 4 is 11.5 Å². The molecule has 2 aliphatic rings. The molecule has 0 saturated heterocycles. The standard InChI is InChI=1S/C17H15NO/c1-10-11-6-2-3-7-12(11)16-15(10)17(19)13-8-4-5-9-14(13)18-16/h2-10,15-16,18H,1H3/t10-,15-,16+/m1/s1. The third kappa shape index (κ3) is 1.34. The van der Waals surface area contributed by atoms with E-state index in [9.17, 15) is 4.79 Å². The maximum Gasteiger partial charge on any atom is 0.171 e. The molecule has 2 nitrogen and oxygen atoms in total. The van der Waals surface area contributed by atoms with Gasteiger partial charge in [-0.2, -0.15) is 0 Å². The minimum absolute atomic E-state index is 0.0345. The summed E-state index contributed by atoms with van der Waals surface area (Å²) >= 11 is 0. The van der Waals surface area contributed by atoms with Crippen LogP contribution in [0.5, 0.6) is 0 Å². The van der Waals surface area contributed by atoms with Crippen molar-refractivity contribution in [2.45, 2.75) is 18.9 Å². The van der Waals surface area contributed by atoms with E-state index in [1.165, 1.54) is 11.1 Å². The van der Waals surface area contributed by atoms with Crippen molar-refractivity contribution in [3.05, 3.63) is 65.2 Å². The molecule has 0 amide bonds. The fourth-order valence-electron chi connectivity index (χ4n) is 3.60. The number of carbonyl (C=O) groups excluding carboxylic acids is 1. The van der Waals surface area contributed by atoms with Gasteiger partial charge in [-0.25, -0.2) is 0 Å². The Balaban J connectivity index is 1.90. The number of benzene rings is 2. The minimum atomic E-state index is 0.0345. The van der Waals surface area contributed by atoms with Crippen LogP contribution in [0, 0.1) is 5.92 Å². The lowest BCUT2D eigenvalue weighted by Gasteiger charge is -2.30. The Bertz CT molecular complexity index is 676. The van der Waals surface area contributed by atoms with Gasteiger partial charge in [0, 0.05) is 11.3 Å². The highest BCUT2D eigenvalue weighted by Crippen LogP contribution is 2.50. The number of hydrogen-bond donors (Lipinski definition) is 1. The van der Waals surface area contributed by atoms with Crippen LogP contribution in [0.25, 0.3) is 0 Å². The fraction of sp³-hybridized carbons (Fsp3) is 0.235. The second-order valence-corrected chi connectivity index (χ2v) is 5.48. The first kappa shape index (κ1) is 10.8. The number of hydrogen-bond acceptors (Lipinski definition) is 2. The first-order chi connectivity index (χ1) is 9.27. The van der Waals surface area contributed by atoms with Crippen molar-refractivity contribution in [3.8, 4) is 0 Å². The van der Waals surface area contributed by atoms with E-state index in [2.05, 4.69) is 36.5 Å². The molecule has 1 aliphatic carbocycles. The Hall–Kier alpha value is -2.09. The molecule has 94 valence electrons. The molecule has 0 fully saturated rings. The second-order valence-electron chi connectivity index (χ2n) is 5.48. The van der Waals surface area contributed by atoms with Crippen LogP contribution >= 0.6 is 0 Å². The van der Waals surface area contributed by atoms with Crippen LogP contribution in [-0.2, 0) is 0 Å².